The number of halogens is 4. The molecule has 3 aromatic rings. The Hall–Kier alpha value is -4.48. The van der Waals surface area contributed by atoms with Crippen LogP contribution >= 0.6 is 18.7 Å². The lowest BCUT2D eigenvalue weighted by Crippen LogP contribution is -2.38. The molecule has 0 radical (unpaired) electrons. The minimum Gasteiger partial charge on any atom is -0.478 e. The number of unbranched alkanes of at least 4 members (excludes halogenated alkanes) is 3. The number of allylic oxidation sites excluding steroid dienone is 5. The van der Waals surface area contributed by atoms with Crippen LogP contribution in [-0.4, -0.2) is 92.3 Å². The number of fused-ring (bicyclic) bond motifs is 2. The number of carbonyl (C=O) groups excluding carboxylic acids is 1. The van der Waals surface area contributed by atoms with Crippen LogP contribution in [-0.2, 0) is 14.0 Å². The second-order valence-electron chi connectivity index (χ2n) is 14.4. The molecule has 0 spiro atoms. The normalized spacial score (nSPS) is 18.5. The summed E-state index contributed by atoms with van der Waals surface area (Å²) in [5, 5.41) is 13.9. The molecule has 2 N–H and O–H groups in total. The van der Waals surface area contributed by atoms with Crippen LogP contribution in [0.3, 0.4) is 0 Å². The molecule has 1 atom stereocenters. The Bertz CT molecular complexity index is 2230. The molecule has 3 aliphatic heterocycles. The first-order valence-electron chi connectivity index (χ1n) is 19.4. The monoisotopic (exact) mass is 822 g/mol. The Morgan fingerprint density at radius 3 is 2.25 bits per heavy atom. The lowest BCUT2D eigenvalue weighted by molar-refractivity contribution is -0.582. The Morgan fingerprint density at radius 1 is 0.860 bits per heavy atom. The van der Waals surface area contributed by atoms with Crippen molar-refractivity contribution in [3.63, 3.8) is 0 Å². The molecular weight excluding hydrogens is 778 g/mol. The number of carboxylic acids is 1. The van der Waals surface area contributed by atoms with E-state index in [4.69, 9.17) is 21.1 Å². The maximum absolute atomic E-state index is 17.2. The highest BCUT2D eigenvalue weighted by Crippen LogP contribution is 2.62. The van der Waals surface area contributed by atoms with E-state index < -0.39 is 53.2 Å². The summed E-state index contributed by atoms with van der Waals surface area (Å²) in [6.07, 6.45) is 11.0. The standard InChI is InChI=1S/C43H44ClF3N3O6P/c44-16-6-1-2-7-22-55-24-25-56-23-17-48-42(51)38-39(45)36(37(43(52)53)40(46)41(38)47)35-31-14-12-28(49-18-8-19-49)26-33(31)57(54,30-10-4-3-5-11-30)34-27-29(13-15-32(34)35)50-20-9-21-50/h3-5,10-15,26-27H,1-2,6-9,16-25H2,(H-,48,51,52,53)/p+1. The van der Waals surface area contributed by atoms with Crippen LogP contribution in [0, 0.1) is 17.5 Å². The van der Waals surface area contributed by atoms with Crippen molar-refractivity contribution in [3.8, 4) is 0 Å². The van der Waals surface area contributed by atoms with E-state index in [-0.39, 0.29) is 36.5 Å². The van der Waals surface area contributed by atoms with E-state index in [2.05, 4.69) is 14.8 Å². The van der Waals surface area contributed by atoms with Crippen molar-refractivity contribution >= 4 is 58.2 Å². The zero-order chi connectivity index (χ0) is 40.1. The molecule has 2 saturated heterocycles. The van der Waals surface area contributed by atoms with Gasteiger partial charge in [0.2, 0.25) is 5.71 Å². The lowest BCUT2D eigenvalue weighted by atomic mass is 9.85. The minimum atomic E-state index is -3.77. The molecule has 1 aliphatic carbocycles. The van der Waals surface area contributed by atoms with Crippen LogP contribution in [0.4, 0.5) is 18.9 Å². The number of hydrogen-bond acceptors (Lipinski definition) is 6. The van der Waals surface area contributed by atoms with Crippen molar-refractivity contribution in [2.45, 2.75) is 38.5 Å². The molecule has 0 saturated carbocycles. The van der Waals surface area contributed by atoms with Gasteiger partial charge in [-0.15, -0.1) is 11.6 Å². The number of amides is 1. The summed E-state index contributed by atoms with van der Waals surface area (Å²) >= 11 is 5.69. The van der Waals surface area contributed by atoms with E-state index >= 15 is 17.7 Å². The van der Waals surface area contributed by atoms with Gasteiger partial charge in [-0.1, -0.05) is 49.2 Å². The van der Waals surface area contributed by atoms with Crippen molar-refractivity contribution in [2.24, 2.45) is 0 Å². The first kappa shape index (κ1) is 40.7. The van der Waals surface area contributed by atoms with Crippen molar-refractivity contribution in [1.29, 1.82) is 0 Å². The summed E-state index contributed by atoms with van der Waals surface area (Å²) < 4.78 is 78.3. The average molecular weight is 823 g/mol. The second kappa shape index (κ2) is 18.0. The zero-order valence-electron chi connectivity index (χ0n) is 31.5. The van der Waals surface area contributed by atoms with Crippen molar-refractivity contribution in [1.82, 2.24) is 5.32 Å². The maximum atomic E-state index is 17.2. The summed E-state index contributed by atoms with van der Waals surface area (Å²) in [6.45, 7) is 3.99. The van der Waals surface area contributed by atoms with Crippen LogP contribution < -0.4 is 20.8 Å². The number of benzene rings is 3. The molecule has 57 heavy (non-hydrogen) atoms. The van der Waals surface area contributed by atoms with Crippen molar-refractivity contribution < 1.29 is 46.5 Å². The lowest BCUT2D eigenvalue weighted by Gasteiger charge is -2.37. The third-order valence-electron chi connectivity index (χ3n) is 10.8. The summed E-state index contributed by atoms with van der Waals surface area (Å²) in [7, 11) is -3.77. The molecule has 0 aromatic heterocycles. The molecule has 4 aliphatic rings. The molecule has 0 bridgehead atoms. The summed E-state index contributed by atoms with van der Waals surface area (Å²) in [5.41, 5.74) is -1.52. The Labute approximate surface area is 334 Å². The number of hydrogen-bond donors (Lipinski definition) is 2. The van der Waals surface area contributed by atoms with Gasteiger partial charge < -0.3 is 29.4 Å². The van der Waals surface area contributed by atoms with Gasteiger partial charge >= 0.3 is 5.97 Å². The SMILES string of the molecule is O=C(NCCOCCOCCCCCCCl)c1c(F)c(F)c(C(=O)O)c(C2=C3C=CC(=[N+]4CCC4)C=C3P(=O)(c3ccccc3)c3cc(N4CCC4)ccc32)c1F. The van der Waals surface area contributed by atoms with Gasteiger partial charge in [-0.05, 0) is 48.6 Å². The maximum Gasteiger partial charge on any atom is 0.339 e. The highest BCUT2D eigenvalue weighted by molar-refractivity contribution is 7.83. The van der Waals surface area contributed by atoms with Gasteiger partial charge in [-0.2, -0.15) is 0 Å². The topological polar surface area (TPSA) is 108 Å². The Morgan fingerprint density at radius 2 is 1.58 bits per heavy atom. The fourth-order valence-electron chi connectivity index (χ4n) is 7.58. The Kier molecular flexibility index (Phi) is 12.8. The number of nitrogens with zero attached hydrogens (tertiary/aromatic N) is 2. The van der Waals surface area contributed by atoms with Crippen molar-refractivity contribution in [2.75, 3.05) is 69.9 Å². The third kappa shape index (κ3) is 8.02. The number of anilines is 1. The van der Waals surface area contributed by atoms with Gasteiger partial charge in [-0.25, -0.2) is 22.5 Å². The van der Waals surface area contributed by atoms with Gasteiger partial charge in [-0.3, -0.25) is 4.79 Å². The van der Waals surface area contributed by atoms with E-state index in [9.17, 15) is 14.7 Å². The van der Waals surface area contributed by atoms with Gasteiger partial charge in [0.15, 0.2) is 18.8 Å². The van der Waals surface area contributed by atoms with Crippen LogP contribution in [0.15, 0.2) is 77.6 Å². The highest BCUT2D eigenvalue weighted by atomic mass is 35.5. The number of carboxylic acid groups (broad SMARTS) is 1. The van der Waals surface area contributed by atoms with Crippen LogP contribution in [0.2, 0.25) is 0 Å². The van der Waals surface area contributed by atoms with Gasteiger partial charge in [0, 0.05) is 77.0 Å². The number of nitrogens with one attached hydrogen (secondary N) is 1. The van der Waals surface area contributed by atoms with E-state index in [1.807, 2.05) is 6.07 Å². The van der Waals surface area contributed by atoms with Gasteiger partial charge in [0.25, 0.3) is 5.91 Å². The van der Waals surface area contributed by atoms with Crippen molar-refractivity contribution in [3.05, 3.63) is 117 Å². The summed E-state index contributed by atoms with van der Waals surface area (Å²) in [5.74, 6) is -7.95. The number of carbonyl (C=O) groups is 2. The summed E-state index contributed by atoms with van der Waals surface area (Å²) in [4.78, 5) is 28.4. The van der Waals surface area contributed by atoms with Crippen LogP contribution in [0.1, 0.15) is 70.4 Å². The third-order valence-corrected chi connectivity index (χ3v) is 14.2. The van der Waals surface area contributed by atoms with E-state index in [0.29, 0.717) is 35.0 Å². The van der Waals surface area contributed by atoms with E-state index in [0.717, 1.165) is 76.1 Å². The molecule has 14 heteroatoms. The number of alkyl halides is 1. The predicted molar refractivity (Wildman–Crippen MR) is 216 cm³/mol. The first-order chi connectivity index (χ1) is 27.7. The fourth-order valence-corrected chi connectivity index (χ4v) is 10.9. The largest absolute Gasteiger partial charge is 0.478 e. The number of rotatable bonds is 17. The van der Waals surface area contributed by atoms with Gasteiger partial charge in [0.1, 0.15) is 30.0 Å². The number of ether oxygens (including phenoxy) is 2. The quantitative estimate of drug-likeness (QED) is 0.0496. The van der Waals surface area contributed by atoms with E-state index in [1.54, 1.807) is 60.7 Å². The first-order valence-corrected chi connectivity index (χ1v) is 21.7. The summed E-state index contributed by atoms with van der Waals surface area (Å²) in [6, 6.07) is 14.1. The van der Waals surface area contributed by atoms with Crippen LogP contribution in [0.5, 0.6) is 0 Å². The second-order valence-corrected chi connectivity index (χ2v) is 17.4. The molecule has 3 heterocycles. The molecule has 300 valence electrons. The fraction of sp³-hybridized carbons (Fsp3) is 0.372. The van der Waals surface area contributed by atoms with Gasteiger partial charge in [0.05, 0.1) is 26.2 Å². The molecule has 9 nitrogen and oxygen atoms in total. The molecule has 1 unspecified atom stereocenters. The molecular formula is C43H45ClF3N3O6P+. The van der Waals surface area contributed by atoms with Crippen LogP contribution in [0.25, 0.3) is 5.57 Å². The molecule has 2 fully saturated rings. The molecule has 3 aromatic carbocycles. The Balaban J connectivity index is 1.28. The zero-order valence-corrected chi connectivity index (χ0v) is 33.2. The minimum absolute atomic E-state index is 0.0256. The highest BCUT2D eigenvalue weighted by Gasteiger charge is 2.46. The average Bonchev–Trinajstić information content (AvgIpc) is 3.16. The molecule has 7 rings (SSSR count). The molecule has 1 amide bonds. The predicted octanol–water partition coefficient (Wildman–Crippen LogP) is 7.01. The number of aromatic carboxylic acids is 1. The smallest absolute Gasteiger partial charge is 0.339 e. The van der Waals surface area contributed by atoms with E-state index in [1.165, 1.54) is 0 Å².